The summed E-state index contributed by atoms with van der Waals surface area (Å²) in [6.07, 6.45) is 4.05. The third-order valence-electron chi connectivity index (χ3n) is 2.25. The molecule has 0 radical (unpaired) electrons. The van der Waals surface area contributed by atoms with Crippen LogP contribution in [0.2, 0.25) is 25.7 Å². The van der Waals surface area contributed by atoms with Gasteiger partial charge in [-0.25, -0.2) is 0 Å². The first kappa shape index (κ1) is 12.6. The van der Waals surface area contributed by atoms with E-state index in [-0.39, 0.29) is 0 Å². The van der Waals surface area contributed by atoms with Crippen LogP contribution in [0.5, 0.6) is 0 Å². The Bertz CT molecular complexity index is 107. The van der Waals surface area contributed by atoms with Crippen LogP contribution in [0.25, 0.3) is 0 Å². The van der Waals surface area contributed by atoms with Crippen molar-refractivity contribution in [3.05, 3.63) is 0 Å². The molecule has 12 heavy (non-hydrogen) atoms. The fraction of sp³-hybridized carbons (Fsp3) is 1.00. The Morgan fingerprint density at radius 3 is 2.17 bits per heavy atom. The fourth-order valence-corrected chi connectivity index (χ4v) is 4.10. The summed E-state index contributed by atoms with van der Waals surface area (Å²) in [5, 5.41) is 0. The molecule has 74 valence electrons. The van der Waals surface area contributed by atoms with Crippen LogP contribution in [0, 0.1) is 5.92 Å². The summed E-state index contributed by atoms with van der Waals surface area (Å²) in [5.74, 6) is 2.03. The summed E-state index contributed by atoms with van der Waals surface area (Å²) in [6, 6.07) is 1.50. The highest BCUT2D eigenvalue weighted by Crippen LogP contribution is 2.23. The van der Waals surface area contributed by atoms with Crippen molar-refractivity contribution in [1.82, 2.24) is 0 Å². The van der Waals surface area contributed by atoms with Gasteiger partial charge in [-0.1, -0.05) is 39.0 Å². The van der Waals surface area contributed by atoms with Gasteiger partial charge in [0.2, 0.25) is 0 Å². The fourth-order valence-electron chi connectivity index (χ4n) is 1.70. The predicted octanol–water partition coefficient (Wildman–Crippen LogP) is 4.06. The van der Waals surface area contributed by atoms with E-state index in [1.165, 1.54) is 25.3 Å². The van der Waals surface area contributed by atoms with Gasteiger partial charge in [0.1, 0.15) is 0 Å². The Morgan fingerprint density at radius 2 is 1.83 bits per heavy atom. The number of hydrogen-bond donors (Lipinski definition) is 1. The van der Waals surface area contributed by atoms with Gasteiger partial charge >= 0.3 is 0 Å². The molecule has 1 unspecified atom stereocenters. The van der Waals surface area contributed by atoms with Crippen LogP contribution in [-0.4, -0.2) is 13.8 Å². The molecule has 0 aromatic carbocycles. The Kier molecular flexibility index (Phi) is 6.37. The van der Waals surface area contributed by atoms with E-state index >= 15 is 0 Å². The largest absolute Gasteiger partial charge is 0.179 e. The van der Waals surface area contributed by atoms with Crippen molar-refractivity contribution in [3.63, 3.8) is 0 Å². The molecule has 0 aromatic rings. The first-order valence-electron chi connectivity index (χ1n) is 5.10. The molecule has 0 heterocycles. The van der Waals surface area contributed by atoms with E-state index in [9.17, 15) is 0 Å². The summed E-state index contributed by atoms with van der Waals surface area (Å²) in [7, 11) is -0.816. The highest BCUT2D eigenvalue weighted by atomic mass is 32.1. The lowest BCUT2D eigenvalue weighted by Gasteiger charge is -2.23. The van der Waals surface area contributed by atoms with Crippen molar-refractivity contribution in [2.24, 2.45) is 5.92 Å². The van der Waals surface area contributed by atoms with Crippen LogP contribution in [0.15, 0.2) is 0 Å². The van der Waals surface area contributed by atoms with E-state index in [1.54, 1.807) is 0 Å². The normalized spacial score (nSPS) is 14.8. The van der Waals surface area contributed by atoms with Crippen molar-refractivity contribution < 1.29 is 0 Å². The molecule has 0 aliphatic rings. The number of thiol groups is 1. The molecule has 1 atom stereocenters. The second-order valence-corrected chi connectivity index (χ2v) is 10.9. The highest BCUT2D eigenvalue weighted by Gasteiger charge is 2.18. The Hall–Kier alpha value is 0.567. The molecular weight excluding hydrogens is 180 g/mol. The maximum atomic E-state index is 4.26. The molecule has 2 heteroatoms. The molecule has 0 saturated carbocycles. The second kappa shape index (κ2) is 6.09. The van der Waals surface area contributed by atoms with Crippen LogP contribution in [0.4, 0.5) is 0 Å². The van der Waals surface area contributed by atoms with Gasteiger partial charge in [0.25, 0.3) is 0 Å². The monoisotopic (exact) mass is 204 g/mol. The third-order valence-corrected chi connectivity index (χ3v) is 4.37. The topological polar surface area (TPSA) is 0 Å². The average molecular weight is 204 g/mol. The quantitative estimate of drug-likeness (QED) is 0.489. The van der Waals surface area contributed by atoms with Crippen LogP contribution in [0.3, 0.4) is 0 Å². The van der Waals surface area contributed by atoms with Gasteiger partial charge in [-0.3, -0.25) is 0 Å². The van der Waals surface area contributed by atoms with Crippen molar-refractivity contribution in [2.75, 3.05) is 5.75 Å². The minimum Gasteiger partial charge on any atom is -0.179 e. The SMILES string of the molecule is CCC(CCCS)C[Si](C)(C)C. The summed E-state index contributed by atoms with van der Waals surface area (Å²) in [6.45, 7) is 9.73. The maximum absolute atomic E-state index is 4.26. The minimum atomic E-state index is -0.816. The molecule has 0 bridgehead atoms. The summed E-state index contributed by atoms with van der Waals surface area (Å²) < 4.78 is 0. The van der Waals surface area contributed by atoms with Crippen molar-refractivity contribution in [2.45, 2.75) is 51.9 Å². The van der Waals surface area contributed by atoms with Crippen LogP contribution >= 0.6 is 12.6 Å². The minimum absolute atomic E-state index is 0.816. The zero-order valence-corrected chi connectivity index (χ0v) is 11.0. The van der Waals surface area contributed by atoms with E-state index in [4.69, 9.17) is 0 Å². The Morgan fingerprint density at radius 1 is 1.25 bits per heavy atom. The zero-order valence-electron chi connectivity index (χ0n) is 9.06. The Balaban J connectivity index is 3.67. The van der Waals surface area contributed by atoms with Crippen LogP contribution in [0.1, 0.15) is 26.2 Å². The van der Waals surface area contributed by atoms with Crippen LogP contribution in [-0.2, 0) is 0 Å². The molecule has 0 spiro atoms. The van der Waals surface area contributed by atoms with E-state index < -0.39 is 8.07 Å². The zero-order chi connectivity index (χ0) is 9.61. The van der Waals surface area contributed by atoms with E-state index in [2.05, 4.69) is 39.2 Å². The smallest absolute Gasteiger partial charge is 0.0445 e. The van der Waals surface area contributed by atoms with Crippen molar-refractivity contribution in [1.29, 1.82) is 0 Å². The summed E-state index contributed by atoms with van der Waals surface area (Å²) >= 11 is 4.26. The summed E-state index contributed by atoms with van der Waals surface area (Å²) in [4.78, 5) is 0. The van der Waals surface area contributed by atoms with Gasteiger partial charge in [-0.2, -0.15) is 12.6 Å². The molecule has 0 nitrogen and oxygen atoms in total. The van der Waals surface area contributed by atoms with Gasteiger partial charge in [-0.15, -0.1) is 0 Å². The molecule has 0 fully saturated rings. The molecule has 0 saturated heterocycles. The van der Waals surface area contributed by atoms with Crippen molar-refractivity contribution >= 4 is 20.7 Å². The van der Waals surface area contributed by atoms with Gasteiger partial charge in [0, 0.05) is 8.07 Å². The molecule has 0 aliphatic heterocycles. The van der Waals surface area contributed by atoms with Crippen molar-refractivity contribution in [3.8, 4) is 0 Å². The van der Waals surface area contributed by atoms with E-state index in [0.717, 1.165) is 11.7 Å². The van der Waals surface area contributed by atoms with Gasteiger partial charge < -0.3 is 0 Å². The molecule has 0 aliphatic carbocycles. The molecule has 0 aromatic heterocycles. The average Bonchev–Trinajstić information content (AvgIpc) is 1.95. The molecular formula is C10H24SSi. The first-order chi connectivity index (χ1) is 5.49. The Labute approximate surface area is 84.6 Å². The lowest BCUT2D eigenvalue weighted by atomic mass is 10.0. The highest BCUT2D eigenvalue weighted by molar-refractivity contribution is 7.80. The van der Waals surface area contributed by atoms with E-state index in [1.807, 2.05) is 0 Å². The van der Waals surface area contributed by atoms with Gasteiger partial charge in [0.15, 0.2) is 0 Å². The van der Waals surface area contributed by atoms with E-state index in [0.29, 0.717) is 0 Å². The standard InChI is InChI=1S/C10H24SSi/c1-5-10(7-6-8-11)9-12(2,3)4/h10-11H,5-9H2,1-4H3. The van der Waals surface area contributed by atoms with Gasteiger partial charge in [0.05, 0.1) is 0 Å². The predicted molar refractivity (Wildman–Crippen MR) is 65.0 cm³/mol. The first-order valence-corrected chi connectivity index (χ1v) is 9.44. The summed E-state index contributed by atoms with van der Waals surface area (Å²) in [5.41, 5.74) is 0. The van der Waals surface area contributed by atoms with Crippen LogP contribution < -0.4 is 0 Å². The lowest BCUT2D eigenvalue weighted by Crippen LogP contribution is -2.23. The lowest BCUT2D eigenvalue weighted by molar-refractivity contribution is 0.505. The molecule has 0 rings (SSSR count). The molecule has 0 amide bonds. The number of hydrogen-bond acceptors (Lipinski definition) is 1. The third kappa shape index (κ3) is 7.23. The van der Waals surface area contributed by atoms with Gasteiger partial charge in [-0.05, 0) is 24.5 Å². The molecule has 0 N–H and O–H groups in total. The maximum Gasteiger partial charge on any atom is 0.0445 e. The second-order valence-electron chi connectivity index (χ2n) is 4.90. The number of rotatable bonds is 6.